The van der Waals surface area contributed by atoms with Gasteiger partial charge < -0.3 is 19.1 Å². The molecule has 0 aliphatic rings. The number of carbonyl (C=O) groups is 2. The van der Waals surface area contributed by atoms with Gasteiger partial charge in [0.2, 0.25) is 0 Å². The SMILES string of the molecule is CCOc1cc(/C=C/C(=O)OCC(=O)N(c2ccccc2)C(C)C)ccc1OC. The Labute approximate surface area is 171 Å². The van der Waals surface area contributed by atoms with Crippen LogP contribution >= 0.6 is 0 Å². The van der Waals surface area contributed by atoms with Gasteiger partial charge in [0, 0.05) is 17.8 Å². The van der Waals surface area contributed by atoms with Crippen molar-refractivity contribution in [1.82, 2.24) is 0 Å². The summed E-state index contributed by atoms with van der Waals surface area (Å²) in [5, 5.41) is 0. The van der Waals surface area contributed by atoms with Gasteiger partial charge in [0.1, 0.15) is 0 Å². The summed E-state index contributed by atoms with van der Waals surface area (Å²) in [5.41, 5.74) is 1.52. The second-order valence-electron chi connectivity index (χ2n) is 6.48. The van der Waals surface area contributed by atoms with Crippen LogP contribution in [0.2, 0.25) is 0 Å². The van der Waals surface area contributed by atoms with E-state index in [1.165, 1.54) is 6.08 Å². The zero-order chi connectivity index (χ0) is 21.2. The lowest BCUT2D eigenvalue weighted by molar-refractivity contribution is -0.143. The van der Waals surface area contributed by atoms with Crippen molar-refractivity contribution in [3.63, 3.8) is 0 Å². The standard InChI is InChI=1S/C23H27NO5/c1-5-28-21-15-18(11-13-20(21)27-4)12-14-23(26)29-16-22(25)24(17(2)3)19-9-7-6-8-10-19/h6-15,17H,5,16H2,1-4H3/b14-12+. The largest absolute Gasteiger partial charge is 0.493 e. The van der Waals surface area contributed by atoms with Crippen LogP contribution in [-0.2, 0) is 14.3 Å². The number of carbonyl (C=O) groups excluding carboxylic acids is 2. The van der Waals surface area contributed by atoms with Gasteiger partial charge >= 0.3 is 5.97 Å². The van der Waals surface area contributed by atoms with Gasteiger partial charge in [-0.3, -0.25) is 4.79 Å². The third kappa shape index (κ3) is 6.38. The second-order valence-corrected chi connectivity index (χ2v) is 6.48. The van der Waals surface area contributed by atoms with Crippen LogP contribution in [0.4, 0.5) is 5.69 Å². The molecule has 0 saturated carbocycles. The molecule has 2 aromatic carbocycles. The number of methoxy groups -OCH3 is 1. The maximum atomic E-state index is 12.5. The van der Waals surface area contributed by atoms with E-state index in [4.69, 9.17) is 14.2 Å². The molecule has 0 unspecified atom stereocenters. The molecule has 0 aliphatic heterocycles. The van der Waals surface area contributed by atoms with Gasteiger partial charge in [-0.1, -0.05) is 24.3 Å². The Bertz CT molecular complexity index is 846. The second kappa shape index (κ2) is 10.9. The minimum atomic E-state index is -0.594. The lowest BCUT2D eigenvalue weighted by atomic mass is 10.2. The molecular formula is C23H27NO5. The smallest absolute Gasteiger partial charge is 0.331 e. The van der Waals surface area contributed by atoms with Crippen molar-refractivity contribution in [2.75, 3.05) is 25.2 Å². The van der Waals surface area contributed by atoms with E-state index in [9.17, 15) is 9.59 Å². The first-order chi connectivity index (χ1) is 14.0. The van der Waals surface area contributed by atoms with Crippen molar-refractivity contribution in [3.05, 3.63) is 60.2 Å². The molecule has 0 aliphatic carbocycles. The van der Waals surface area contributed by atoms with Crippen LogP contribution < -0.4 is 14.4 Å². The minimum Gasteiger partial charge on any atom is -0.493 e. The Morgan fingerprint density at radius 2 is 1.79 bits per heavy atom. The zero-order valence-corrected chi connectivity index (χ0v) is 17.3. The molecule has 0 bridgehead atoms. The van der Waals surface area contributed by atoms with Crippen LogP contribution in [0, 0.1) is 0 Å². The van der Waals surface area contributed by atoms with Crippen LogP contribution in [0.25, 0.3) is 6.08 Å². The molecule has 6 nitrogen and oxygen atoms in total. The fraction of sp³-hybridized carbons (Fsp3) is 0.304. The summed E-state index contributed by atoms with van der Waals surface area (Å²) < 4.78 is 15.9. The van der Waals surface area contributed by atoms with E-state index in [1.807, 2.05) is 51.1 Å². The highest BCUT2D eigenvalue weighted by Gasteiger charge is 2.19. The maximum Gasteiger partial charge on any atom is 0.331 e. The van der Waals surface area contributed by atoms with Gasteiger partial charge in [-0.15, -0.1) is 0 Å². The van der Waals surface area contributed by atoms with Crippen LogP contribution in [0.1, 0.15) is 26.3 Å². The fourth-order valence-electron chi connectivity index (χ4n) is 2.80. The topological polar surface area (TPSA) is 65.1 Å². The van der Waals surface area contributed by atoms with Crippen LogP contribution in [-0.4, -0.2) is 38.2 Å². The highest BCUT2D eigenvalue weighted by Crippen LogP contribution is 2.28. The monoisotopic (exact) mass is 397 g/mol. The van der Waals surface area contributed by atoms with Crippen molar-refractivity contribution in [1.29, 1.82) is 0 Å². The number of ether oxygens (including phenoxy) is 3. The predicted molar refractivity (Wildman–Crippen MR) is 113 cm³/mol. The molecule has 0 atom stereocenters. The van der Waals surface area contributed by atoms with Crippen LogP contribution in [0.5, 0.6) is 11.5 Å². The molecule has 0 fully saturated rings. The third-order valence-electron chi connectivity index (χ3n) is 4.06. The maximum absolute atomic E-state index is 12.5. The van der Waals surface area contributed by atoms with Gasteiger partial charge in [-0.05, 0) is 56.7 Å². The number of nitrogens with zero attached hydrogens (tertiary/aromatic N) is 1. The van der Waals surface area contributed by atoms with E-state index in [0.29, 0.717) is 18.1 Å². The summed E-state index contributed by atoms with van der Waals surface area (Å²) in [6, 6.07) is 14.6. The minimum absolute atomic E-state index is 0.0598. The highest BCUT2D eigenvalue weighted by molar-refractivity contribution is 5.96. The number of anilines is 1. The van der Waals surface area contributed by atoms with E-state index >= 15 is 0 Å². The quantitative estimate of drug-likeness (QED) is 0.471. The molecule has 0 heterocycles. The molecule has 2 rings (SSSR count). The average molecular weight is 397 g/mol. The van der Waals surface area contributed by atoms with E-state index in [0.717, 1.165) is 11.3 Å². The molecule has 6 heteroatoms. The Balaban J connectivity index is 1.98. The Kier molecular flexibility index (Phi) is 8.27. The normalized spacial score (nSPS) is 10.8. The molecule has 0 radical (unpaired) electrons. The van der Waals surface area contributed by atoms with Gasteiger partial charge in [0.15, 0.2) is 18.1 Å². The van der Waals surface area contributed by atoms with E-state index < -0.39 is 5.97 Å². The molecule has 2 aromatic rings. The van der Waals surface area contributed by atoms with E-state index in [-0.39, 0.29) is 18.6 Å². The summed E-state index contributed by atoms with van der Waals surface area (Å²) in [6.45, 7) is 5.87. The summed E-state index contributed by atoms with van der Waals surface area (Å²) in [6.07, 6.45) is 2.89. The molecule has 0 saturated heterocycles. The number of benzene rings is 2. The van der Waals surface area contributed by atoms with Gasteiger partial charge in [0.25, 0.3) is 5.91 Å². The van der Waals surface area contributed by atoms with Gasteiger partial charge in [0.05, 0.1) is 13.7 Å². The first-order valence-electron chi connectivity index (χ1n) is 9.49. The zero-order valence-electron chi connectivity index (χ0n) is 17.3. The summed E-state index contributed by atoms with van der Waals surface area (Å²) in [4.78, 5) is 26.2. The predicted octanol–water partition coefficient (Wildman–Crippen LogP) is 4.09. The van der Waals surface area contributed by atoms with Crippen LogP contribution in [0.3, 0.4) is 0 Å². The summed E-state index contributed by atoms with van der Waals surface area (Å²) in [7, 11) is 1.57. The fourth-order valence-corrected chi connectivity index (χ4v) is 2.80. The van der Waals surface area contributed by atoms with Crippen molar-refractivity contribution >= 4 is 23.6 Å². The number of hydrogen-bond acceptors (Lipinski definition) is 5. The van der Waals surface area contributed by atoms with Gasteiger partial charge in [-0.25, -0.2) is 4.79 Å². The van der Waals surface area contributed by atoms with Crippen molar-refractivity contribution in [2.24, 2.45) is 0 Å². The molecule has 0 spiro atoms. The number of amides is 1. The van der Waals surface area contributed by atoms with Gasteiger partial charge in [-0.2, -0.15) is 0 Å². The first-order valence-corrected chi connectivity index (χ1v) is 9.49. The van der Waals surface area contributed by atoms with Crippen molar-refractivity contribution in [2.45, 2.75) is 26.8 Å². The highest BCUT2D eigenvalue weighted by atomic mass is 16.5. The lowest BCUT2D eigenvalue weighted by Gasteiger charge is -2.26. The Morgan fingerprint density at radius 3 is 2.41 bits per heavy atom. The molecule has 0 aromatic heterocycles. The molecule has 0 N–H and O–H groups in total. The summed E-state index contributed by atoms with van der Waals surface area (Å²) >= 11 is 0. The Hall–Kier alpha value is -3.28. The molecule has 1 amide bonds. The number of esters is 1. The first kappa shape index (κ1) is 22.0. The number of hydrogen-bond donors (Lipinski definition) is 0. The molecular weight excluding hydrogens is 370 g/mol. The van der Waals surface area contributed by atoms with E-state index in [1.54, 1.807) is 36.3 Å². The van der Waals surface area contributed by atoms with Crippen molar-refractivity contribution < 1.29 is 23.8 Å². The Morgan fingerprint density at radius 1 is 1.07 bits per heavy atom. The number of para-hydroxylation sites is 1. The average Bonchev–Trinajstić information content (AvgIpc) is 2.72. The molecule has 154 valence electrons. The van der Waals surface area contributed by atoms with Crippen molar-refractivity contribution in [3.8, 4) is 11.5 Å². The lowest BCUT2D eigenvalue weighted by Crippen LogP contribution is -2.39. The summed E-state index contributed by atoms with van der Waals surface area (Å²) in [5.74, 6) is 0.336. The molecule has 29 heavy (non-hydrogen) atoms. The van der Waals surface area contributed by atoms with E-state index in [2.05, 4.69) is 0 Å². The number of rotatable bonds is 9. The third-order valence-corrected chi connectivity index (χ3v) is 4.06. The van der Waals surface area contributed by atoms with Crippen LogP contribution in [0.15, 0.2) is 54.6 Å².